The van der Waals surface area contributed by atoms with Crippen LogP contribution in [0, 0.1) is 11.8 Å². The van der Waals surface area contributed by atoms with Crippen LogP contribution in [0.2, 0.25) is 0 Å². The molecular weight excluding hydrogens is 216 g/mol. The molecule has 17 heavy (non-hydrogen) atoms. The number of carbonyl (C=O) groups excluding carboxylic acids is 1. The minimum Gasteiger partial charge on any atom is -0.380 e. The topological polar surface area (TPSA) is 64.3 Å². The van der Waals surface area contributed by atoms with Crippen LogP contribution >= 0.6 is 0 Å². The Labute approximate surface area is 105 Å². The van der Waals surface area contributed by atoms with Gasteiger partial charge in [0, 0.05) is 6.61 Å². The van der Waals surface area contributed by atoms with E-state index in [9.17, 15) is 4.79 Å². The molecule has 2 atom stereocenters. The molecule has 3 N–H and O–H groups in total. The molecule has 0 aromatic heterocycles. The highest BCUT2D eigenvalue weighted by Gasteiger charge is 2.21. The fourth-order valence-corrected chi connectivity index (χ4v) is 1.55. The molecule has 4 heteroatoms. The van der Waals surface area contributed by atoms with Gasteiger partial charge in [-0.15, -0.1) is 0 Å². The van der Waals surface area contributed by atoms with Crippen LogP contribution in [0.5, 0.6) is 0 Å². The average molecular weight is 244 g/mol. The van der Waals surface area contributed by atoms with Crippen molar-refractivity contribution in [3.63, 3.8) is 0 Å². The molecule has 0 heterocycles. The Kier molecular flexibility index (Phi) is 8.17. The number of ether oxygens (including phenoxy) is 1. The van der Waals surface area contributed by atoms with E-state index in [1.807, 2.05) is 6.92 Å². The molecule has 4 nitrogen and oxygen atoms in total. The second kappa shape index (κ2) is 8.48. The maximum atomic E-state index is 11.9. The van der Waals surface area contributed by atoms with Crippen molar-refractivity contribution >= 4 is 5.91 Å². The van der Waals surface area contributed by atoms with Crippen LogP contribution in [0.25, 0.3) is 0 Å². The van der Waals surface area contributed by atoms with Crippen LogP contribution in [0.4, 0.5) is 0 Å². The Morgan fingerprint density at radius 2 is 1.88 bits per heavy atom. The first-order chi connectivity index (χ1) is 7.88. The number of nitrogens with one attached hydrogen (secondary N) is 1. The van der Waals surface area contributed by atoms with E-state index in [0.717, 1.165) is 0 Å². The van der Waals surface area contributed by atoms with Gasteiger partial charge in [-0.2, -0.15) is 0 Å². The van der Waals surface area contributed by atoms with Gasteiger partial charge in [-0.25, -0.2) is 0 Å². The molecule has 0 saturated carbocycles. The molecule has 0 aromatic carbocycles. The molecule has 0 aromatic rings. The predicted molar refractivity (Wildman–Crippen MR) is 70.7 cm³/mol. The molecule has 0 saturated heterocycles. The summed E-state index contributed by atoms with van der Waals surface area (Å²) < 4.78 is 5.36. The summed E-state index contributed by atoms with van der Waals surface area (Å²) in [5.74, 6) is 0.703. The zero-order valence-corrected chi connectivity index (χ0v) is 11.8. The van der Waals surface area contributed by atoms with Crippen molar-refractivity contribution in [2.75, 3.05) is 13.2 Å². The van der Waals surface area contributed by atoms with Crippen molar-refractivity contribution in [1.29, 1.82) is 0 Å². The molecule has 1 unspecified atom stereocenters. The lowest BCUT2D eigenvalue weighted by molar-refractivity contribution is -0.124. The van der Waals surface area contributed by atoms with Crippen molar-refractivity contribution in [2.24, 2.45) is 17.6 Å². The molecule has 0 aliphatic heterocycles. The normalized spacial score (nSPS) is 15.1. The van der Waals surface area contributed by atoms with Gasteiger partial charge in [-0.1, -0.05) is 27.7 Å². The van der Waals surface area contributed by atoms with Gasteiger partial charge in [0.25, 0.3) is 0 Å². The first-order valence-electron chi connectivity index (χ1n) is 6.52. The van der Waals surface area contributed by atoms with E-state index in [1.54, 1.807) is 0 Å². The molecule has 0 fully saturated rings. The monoisotopic (exact) mass is 244 g/mol. The molecule has 0 radical (unpaired) electrons. The minimum atomic E-state index is -0.419. The lowest BCUT2D eigenvalue weighted by Gasteiger charge is -2.24. The molecule has 0 spiro atoms. The fourth-order valence-electron chi connectivity index (χ4n) is 1.55. The molecule has 1 amide bonds. The van der Waals surface area contributed by atoms with E-state index in [-0.39, 0.29) is 11.9 Å². The van der Waals surface area contributed by atoms with Crippen LogP contribution in [-0.4, -0.2) is 31.2 Å². The Hall–Kier alpha value is -0.610. The highest BCUT2D eigenvalue weighted by molar-refractivity contribution is 5.81. The van der Waals surface area contributed by atoms with E-state index in [1.165, 1.54) is 0 Å². The minimum absolute atomic E-state index is 0.0423. The Morgan fingerprint density at radius 1 is 1.29 bits per heavy atom. The van der Waals surface area contributed by atoms with Gasteiger partial charge in [-0.3, -0.25) is 4.79 Å². The smallest absolute Gasteiger partial charge is 0.237 e. The Balaban J connectivity index is 4.19. The first-order valence-corrected chi connectivity index (χ1v) is 6.52. The van der Waals surface area contributed by atoms with Gasteiger partial charge >= 0.3 is 0 Å². The third-order valence-electron chi connectivity index (χ3n) is 2.70. The molecule has 0 aliphatic rings. The first kappa shape index (κ1) is 16.4. The SMILES string of the molecule is CCOCC(NC(=O)[C@H](N)CC(C)C)C(C)C. The standard InChI is InChI=1S/C13H28N2O2/c1-6-17-8-12(10(4)5)15-13(16)11(14)7-9(2)3/h9-12H,6-8,14H2,1-5H3,(H,15,16)/t11-,12?/m1/s1. The fraction of sp³-hybridized carbons (Fsp3) is 0.923. The third kappa shape index (κ3) is 7.34. The van der Waals surface area contributed by atoms with Gasteiger partial charge in [0.15, 0.2) is 0 Å². The zero-order chi connectivity index (χ0) is 13.4. The Bertz CT molecular complexity index is 217. The average Bonchev–Trinajstić information content (AvgIpc) is 2.22. The highest BCUT2D eigenvalue weighted by atomic mass is 16.5. The molecule has 0 rings (SSSR count). The number of hydrogen-bond acceptors (Lipinski definition) is 3. The largest absolute Gasteiger partial charge is 0.380 e. The summed E-state index contributed by atoms with van der Waals surface area (Å²) in [5, 5.41) is 2.97. The number of rotatable bonds is 8. The van der Waals surface area contributed by atoms with Crippen LogP contribution in [0.15, 0.2) is 0 Å². The molecule has 102 valence electrons. The second-order valence-electron chi connectivity index (χ2n) is 5.25. The van der Waals surface area contributed by atoms with Crippen molar-refractivity contribution < 1.29 is 9.53 Å². The van der Waals surface area contributed by atoms with Crippen molar-refractivity contribution in [3.8, 4) is 0 Å². The maximum absolute atomic E-state index is 11.9. The van der Waals surface area contributed by atoms with Gasteiger partial charge in [-0.05, 0) is 25.2 Å². The summed E-state index contributed by atoms with van der Waals surface area (Å²) in [4.78, 5) is 11.9. The van der Waals surface area contributed by atoms with Gasteiger partial charge in [0.05, 0.1) is 18.7 Å². The number of carbonyl (C=O) groups is 1. The van der Waals surface area contributed by atoms with E-state index in [2.05, 4.69) is 33.0 Å². The van der Waals surface area contributed by atoms with Crippen LogP contribution < -0.4 is 11.1 Å². The molecule has 0 aliphatic carbocycles. The van der Waals surface area contributed by atoms with E-state index in [0.29, 0.717) is 31.5 Å². The van der Waals surface area contributed by atoms with Gasteiger partial charge in [0.2, 0.25) is 5.91 Å². The summed E-state index contributed by atoms with van der Waals surface area (Å²) in [7, 11) is 0. The van der Waals surface area contributed by atoms with Gasteiger partial charge in [0.1, 0.15) is 0 Å². The van der Waals surface area contributed by atoms with Crippen molar-refractivity contribution in [1.82, 2.24) is 5.32 Å². The summed E-state index contributed by atoms with van der Waals surface area (Å²) in [6.07, 6.45) is 0.714. The third-order valence-corrected chi connectivity index (χ3v) is 2.70. The van der Waals surface area contributed by atoms with Gasteiger partial charge < -0.3 is 15.8 Å². The summed E-state index contributed by atoms with van der Waals surface area (Å²) in [5.41, 5.74) is 5.84. The summed E-state index contributed by atoms with van der Waals surface area (Å²) in [6.45, 7) is 11.4. The number of hydrogen-bond donors (Lipinski definition) is 2. The lowest BCUT2D eigenvalue weighted by atomic mass is 10.0. The van der Waals surface area contributed by atoms with Crippen molar-refractivity contribution in [3.05, 3.63) is 0 Å². The predicted octanol–water partition coefficient (Wildman–Crippen LogP) is 1.54. The number of nitrogens with two attached hydrogens (primary N) is 1. The van der Waals surface area contributed by atoms with Crippen LogP contribution in [-0.2, 0) is 9.53 Å². The van der Waals surface area contributed by atoms with Crippen LogP contribution in [0.3, 0.4) is 0 Å². The molecule has 0 bridgehead atoms. The second-order valence-corrected chi connectivity index (χ2v) is 5.25. The Morgan fingerprint density at radius 3 is 2.29 bits per heavy atom. The lowest BCUT2D eigenvalue weighted by Crippen LogP contribution is -2.49. The van der Waals surface area contributed by atoms with E-state index < -0.39 is 6.04 Å². The summed E-state index contributed by atoms with van der Waals surface area (Å²) >= 11 is 0. The zero-order valence-electron chi connectivity index (χ0n) is 11.8. The summed E-state index contributed by atoms with van der Waals surface area (Å²) in [6, 6.07) is -0.376. The van der Waals surface area contributed by atoms with E-state index >= 15 is 0 Å². The molecular formula is C13H28N2O2. The number of amides is 1. The van der Waals surface area contributed by atoms with Crippen LogP contribution in [0.1, 0.15) is 41.0 Å². The quantitative estimate of drug-likeness (QED) is 0.680. The maximum Gasteiger partial charge on any atom is 0.237 e. The van der Waals surface area contributed by atoms with Crippen molar-refractivity contribution in [2.45, 2.75) is 53.1 Å². The highest BCUT2D eigenvalue weighted by Crippen LogP contribution is 2.06. The van der Waals surface area contributed by atoms with E-state index in [4.69, 9.17) is 10.5 Å².